The molecule has 0 saturated carbocycles. The zero-order chi connectivity index (χ0) is 13.8. The molecular formula is C12H19ClN6. The zero-order valence-corrected chi connectivity index (χ0v) is 12.3. The SMILES string of the molecule is CCCN(CCN(C)C)c1cc(Cl)nc2ncnn12. The maximum atomic E-state index is 6.06. The van der Waals surface area contributed by atoms with Gasteiger partial charge in [0.1, 0.15) is 17.3 Å². The van der Waals surface area contributed by atoms with Crippen LogP contribution in [0.2, 0.25) is 5.15 Å². The third-order valence-corrected chi connectivity index (χ3v) is 3.03. The van der Waals surface area contributed by atoms with E-state index in [1.165, 1.54) is 6.33 Å². The van der Waals surface area contributed by atoms with Gasteiger partial charge in [0.05, 0.1) is 0 Å². The average molecular weight is 283 g/mol. The van der Waals surface area contributed by atoms with Crippen LogP contribution in [-0.4, -0.2) is 58.2 Å². The Morgan fingerprint density at radius 2 is 2.05 bits per heavy atom. The van der Waals surface area contributed by atoms with E-state index in [9.17, 15) is 0 Å². The van der Waals surface area contributed by atoms with E-state index in [1.807, 2.05) is 6.07 Å². The molecule has 0 saturated heterocycles. The Hall–Kier alpha value is -1.40. The van der Waals surface area contributed by atoms with Crippen molar-refractivity contribution < 1.29 is 0 Å². The molecule has 0 amide bonds. The van der Waals surface area contributed by atoms with E-state index in [4.69, 9.17) is 11.6 Å². The van der Waals surface area contributed by atoms with Gasteiger partial charge in [-0.25, -0.2) is 0 Å². The summed E-state index contributed by atoms with van der Waals surface area (Å²) in [5, 5.41) is 4.66. The van der Waals surface area contributed by atoms with E-state index in [1.54, 1.807) is 4.52 Å². The van der Waals surface area contributed by atoms with E-state index >= 15 is 0 Å². The van der Waals surface area contributed by atoms with Crippen molar-refractivity contribution in [2.24, 2.45) is 0 Å². The van der Waals surface area contributed by atoms with Crippen molar-refractivity contribution >= 4 is 23.2 Å². The Morgan fingerprint density at radius 1 is 1.26 bits per heavy atom. The van der Waals surface area contributed by atoms with Gasteiger partial charge in [-0.2, -0.15) is 19.6 Å². The van der Waals surface area contributed by atoms with Gasteiger partial charge in [0, 0.05) is 25.7 Å². The first-order valence-corrected chi connectivity index (χ1v) is 6.75. The van der Waals surface area contributed by atoms with Crippen LogP contribution in [-0.2, 0) is 0 Å². The molecule has 2 heterocycles. The standard InChI is InChI=1S/C12H19ClN6/c1-4-5-18(7-6-17(2)3)11-8-10(13)16-12-14-9-15-19(11)12/h8-9H,4-7H2,1-3H3. The lowest BCUT2D eigenvalue weighted by Gasteiger charge is -2.26. The zero-order valence-electron chi connectivity index (χ0n) is 11.5. The van der Waals surface area contributed by atoms with Crippen molar-refractivity contribution in [2.75, 3.05) is 38.6 Å². The van der Waals surface area contributed by atoms with Crippen molar-refractivity contribution in [2.45, 2.75) is 13.3 Å². The predicted octanol–water partition coefficient (Wildman–Crippen LogP) is 1.56. The number of nitrogens with zero attached hydrogens (tertiary/aromatic N) is 6. The number of hydrogen-bond donors (Lipinski definition) is 0. The molecule has 0 fully saturated rings. The average Bonchev–Trinajstić information content (AvgIpc) is 2.81. The highest BCUT2D eigenvalue weighted by molar-refractivity contribution is 6.29. The van der Waals surface area contributed by atoms with E-state index in [2.05, 4.69) is 45.9 Å². The van der Waals surface area contributed by atoms with Crippen LogP contribution in [0.3, 0.4) is 0 Å². The van der Waals surface area contributed by atoms with Crippen LogP contribution >= 0.6 is 11.6 Å². The minimum Gasteiger partial charge on any atom is -0.355 e. The fourth-order valence-corrected chi connectivity index (χ4v) is 2.10. The number of fused-ring (bicyclic) bond motifs is 1. The molecule has 0 spiro atoms. The molecule has 0 unspecified atom stereocenters. The van der Waals surface area contributed by atoms with Gasteiger partial charge in [-0.05, 0) is 20.5 Å². The van der Waals surface area contributed by atoms with Crippen LogP contribution in [0.5, 0.6) is 0 Å². The van der Waals surface area contributed by atoms with Crippen LogP contribution in [0.15, 0.2) is 12.4 Å². The van der Waals surface area contributed by atoms with E-state index in [-0.39, 0.29) is 0 Å². The third-order valence-electron chi connectivity index (χ3n) is 2.84. The lowest BCUT2D eigenvalue weighted by molar-refractivity contribution is 0.412. The molecule has 104 valence electrons. The summed E-state index contributed by atoms with van der Waals surface area (Å²) in [5.74, 6) is 1.48. The fourth-order valence-electron chi connectivity index (χ4n) is 1.93. The quantitative estimate of drug-likeness (QED) is 0.753. The first-order valence-electron chi connectivity index (χ1n) is 6.37. The van der Waals surface area contributed by atoms with Gasteiger partial charge in [0.2, 0.25) is 0 Å². The summed E-state index contributed by atoms with van der Waals surface area (Å²) in [5.41, 5.74) is 0. The molecule has 0 bridgehead atoms. The van der Waals surface area contributed by atoms with Crippen molar-refractivity contribution in [3.8, 4) is 0 Å². The van der Waals surface area contributed by atoms with Gasteiger partial charge in [-0.3, -0.25) is 0 Å². The lowest BCUT2D eigenvalue weighted by Crippen LogP contribution is -2.33. The van der Waals surface area contributed by atoms with Crippen molar-refractivity contribution in [1.29, 1.82) is 0 Å². The lowest BCUT2D eigenvalue weighted by atomic mass is 10.3. The summed E-state index contributed by atoms with van der Waals surface area (Å²) >= 11 is 6.06. The highest BCUT2D eigenvalue weighted by atomic mass is 35.5. The summed E-state index contributed by atoms with van der Waals surface area (Å²) in [4.78, 5) is 12.7. The molecule has 0 aliphatic rings. The summed E-state index contributed by atoms with van der Waals surface area (Å²) < 4.78 is 1.73. The molecule has 6 nitrogen and oxygen atoms in total. The molecule has 0 aliphatic carbocycles. The number of rotatable bonds is 6. The van der Waals surface area contributed by atoms with Gasteiger partial charge in [-0.1, -0.05) is 18.5 Å². The topological polar surface area (TPSA) is 49.6 Å². The van der Waals surface area contributed by atoms with Crippen molar-refractivity contribution in [3.05, 3.63) is 17.5 Å². The summed E-state index contributed by atoms with van der Waals surface area (Å²) in [6, 6.07) is 1.84. The Kier molecular flexibility index (Phi) is 4.55. The second-order valence-corrected chi connectivity index (χ2v) is 5.09. The normalized spacial score (nSPS) is 11.4. The first kappa shape index (κ1) is 14.0. The minimum absolute atomic E-state index is 0.446. The molecule has 7 heteroatoms. The molecule has 2 rings (SSSR count). The first-order chi connectivity index (χ1) is 9.11. The molecule has 0 aromatic carbocycles. The Balaban J connectivity index is 2.34. The summed E-state index contributed by atoms with van der Waals surface area (Å²) in [6.45, 7) is 4.99. The van der Waals surface area contributed by atoms with Crippen LogP contribution in [0.4, 0.5) is 5.82 Å². The predicted molar refractivity (Wildman–Crippen MR) is 76.9 cm³/mol. The van der Waals surface area contributed by atoms with Crippen molar-refractivity contribution in [3.63, 3.8) is 0 Å². The van der Waals surface area contributed by atoms with E-state index < -0.39 is 0 Å². The number of aromatic nitrogens is 4. The molecule has 19 heavy (non-hydrogen) atoms. The number of likely N-dealkylation sites (N-methyl/N-ethyl adjacent to an activating group) is 1. The summed E-state index contributed by atoms with van der Waals surface area (Å²) in [7, 11) is 4.13. The Labute approximate surface area is 118 Å². The summed E-state index contributed by atoms with van der Waals surface area (Å²) in [6.07, 6.45) is 2.56. The molecule has 2 aromatic heterocycles. The van der Waals surface area contributed by atoms with Crippen LogP contribution < -0.4 is 4.90 Å². The maximum Gasteiger partial charge on any atom is 0.255 e. The number of halogens is 1. The van der Waals surface area contributed by atoms with Gasteiger partial charge in [0.15, 0.2) is 0 Å². The molecule has 2 aromatic rings. The monoisotopic (exact) mass is 282 g/mol. The van der Waals surface area contributed by atoms with Crippen LogP contribution in [0.1, 0.15) is 13.3 Å². The number of hydrogen-bond acceptors (Lipinski definition) is 5. The smallest absolute Gasteiger partial charge is 0.255 e. The molecule has 0 aliphatic heterocycles. The molecule has 0 atom stereocenters. The highest BCUT2D eigenvalue weighted by Gasteiger charge is 2.13. The van der Waals surface area contributed by atoms with Crippen LogP contribution in [0.25, 0.3) is 5.78 Å². The maximum absolute atomic E-state index is 6.06. The third kappa shape index (κ3) is 3.33. The number of anilines is 1. The van der Waals surface area contributed by atoms with Gasteiger partial charge in [0.25, 0.3) is 5.78 Å². The Morgan fingerprint density at radius 3 is 2.74 bits per heavy atom. The minimum atomic E-state index is 0.446. The van der Waals surface area contributed by atoms with E-state index in [0.29, 0.717) is 10.9 Å². The van der Waals surface area contributed by atoms with Crippen LogP contribution in [0, 0.1) is 0 Å². The van der Waals surface area contributed by atoms with Gasteiger partial charge >= 0.3 is 0 Å². The second-order valence-electron chi connectivity index (χ2n) is 4.70. The Bertz CT molecular complexity index is 538. The van der Waals surface area contributed by atoms with Gasteiger partial charge in [-0.15, -0.1) is 0 Å². The largest absolute Gasteiger partial charge is 0.355 e. The molecule has 0 N–H and O–H groups in total. The second kappa shape index (κ2) is 6.16. The fraction of sp³-hybridized carbons (Fsp3) is 0.583. The van der Waals surface area contributed by atoms with E-state index in [0.717, 1.165) is 31.9 Å². The van der Waals surface area contributed by atoms with Crippen molar-refractivity contribution in [1.82, 2.24) is 24.5 Å². The molecular weight excluding hydrogens is 264 g/mol. The van der Waals surface area contributed by atoms with Gasteiger partial charge < -0.3 is 9.80 Å². The molecule has 0 radical (unpaired) electrons. The highest BCUT2D eigenvalue weighted by Crippen LogP contribution is 2.19.